The highest BCUT2D eigenvalue weighted by molar-refractivity contribution is 5.79. The highest BCUT2D eigenvalue weighted by Gasteiger charge is 2.36. The Balaban J connectivity index is 1.17. The lowest BCUT2D eigenvalue weighted by Gasteiger charge is -2.38. The summed E-state index contributed by atoms with van der Waals surface area (Å²) in [4.78, 5) is 12.4. The molecule has 2 aliphatic carbocycles. The normalized spacial score (nSPS) is 25.7. The van der Waals surface area contributed by atoms with Crippen LogP contribution in [-0.4, -0.2) is 5.78 Å². The zero-order valence-electron chi connectivity index (χ0n) is 17.3. The van der Waals surface area contributed by atoms with Crippen molar-refractivity contribution in [2.75, 3.05) is 0 Å². The van der Waals surface area contributed by atoms with Gasteiger partial charge in [-0.3, -0.25) is 4.79 Å². The molecule has 2 fully saturated rings. The topological polar surface area (TPSA) is 17.1 Å². The fourth-order valence-electron chi connectivity index (χ4n) is 4.96. The van der Waals surface area contributed by atoms with E-state index >= 15 is 0 Å². The molecule has 0 spiro atoms. The van der Waals surface area contributed by atoms with Crippen LogP contribution in [0.1, 0.15) is 72.6 Å². The van der Waals surface area contributed by atoms with Gasteiger partial charge in [0.1, 0.15) is 5.78 Å². The van der Waals surface area contributed by atoms with Crippen LogP contribution in [0.4, 0.5) is 26.3 Å². The molecule has 0 N–H and O–H groups in total. The van der Waals surface area contributed by atoms with Gasteiger partial charge < -0.3 is 0 Å². The number of halogens is 6. The van der Waals surface area contributed by atoms with Crippen molar-refractivity contribution in [3.05, 3.63) is 70.8 Å². The SMILES string of the molecule is O=C(CC1CC(c2ccc(C(F)(F)F)cc2)C1)CC1CC(c2ccc(C(F)(F)F)cc2)C1. The molecule has 2 aromatic carbocycles. The van der Waals surface area contributed by atoms with Crippen molar-refractivity contribution < 1.29 is 31.1 Å². The Bertz CT molecular complexity index is 853. The van der Waals surface area contributed by atoms with Gasteiger partial charge >= 0.3 is 12.4 Å². The smallest absolute Gasteiger partial charge is 0.300 e. The van der Waals surface area contributed by atoms with Crippen LogP contribution in [0.25, 0.3) is 0 Å². The van der Waals surface area contributed by atoms with Crippen LogP contribution in [0, 0.1) is 11.8 Å². The minimum atomic E-state index is -4.33. The molecule has 0 radical (unpaired) electrons. The number of hydrogen-bond acceptors (Lipinski definition) is 1. The first kappa shape index (κ1) is 22.9. The number of alkyl halides is 6. The second-order valence-electron chi connectivity index (χ2n) is 9.26. The maximum absolute atomic E-state index is 12.7. The number of Topliss-reactive ketones (excluding diaryl/α,β-unsaturated/α-hetero) is 1. The van der Waals surface area contributed by atoms with E-state index < -0.39 is 23.5 Å². The van der Waals surface area contributed by atoms with Gasteiger partial charge in [0.05, 0.1) is 11.1 Å². The first-order chi connectivity index (χ1) is 15.0. The standard InChI is InChI=1S/C25H24F6O/c26-24(27,28)21-5-1-17(2-6-21)19-9-15(10-19)13-23(32)14-16-11-20(12-16)18-3-7-22(8-4-18)25(29,30)31/h1-8,15-16,19-20H,9-14H2. The zero-order chi connectivity index (χ0) is 23.1. The van der Waals surface area contributed by atoms with Crippen molar-refractivity contribution in [3.8, 4) is 0 Å². The quantitative estimate of drug-likeness (QED) is 0.408. The van der Waals surface area contributed by atoms with E-state index in [4.69, 9.17) is 0 Å². The van der Waals surface area contributed by atoms with Gasteiger partial charge in [0, 0.05) is 12.8 Å². The van der Waals surface area contributed by atoms with Gasteiger partial charge in [-0.25, -0.2) is 0 Å². The number of carbonyl (C=O) groups excluding carboxylic acids is 1. The molecular weight excluding hydrogens is 430 g/mol. The molecule has 4 rings (SSSR count). The van der Waals surface area contributed by atoms with Crippen molar-refractivity contribution in [2.45, 2.75) is 62.7 Å². The Morgan fingerprint density at radius 3 is 1.22 bits per heavy atom. The highest BCUT2D eigenvalue weighted by atomic mass is 19.4. The molecule has 0 unspecified atom stereocenters. The number of benzene rings is 2. The number of carbonyl (C=O) groups is 1. The van der Waals surface area contributed by atoms with Crippen molar-refractivity contribution in [1.29, 1.82) is 0 Å². The van der Waals surface area contributed by atoms with E-state index in [0.29, 0.717) is 12.8 Å². The van der Waals surface area contributed by atoms with Crippen LogP contribution in [0.5, 0.6) is 0 Å². The van der Waals surface area contributed by atoms with Gasteiger partial charge in [-0.1, -0.05) is 24.3 Å². The summed E-state index contributed by atoms with van der Waals surface area (Å²) in [6, 6.07) is 10.6. The number of rotatable bonds is 6. The second kappa shape index (κ2) is 8.56. The Morgan fingerprint density at radius 2 is 0.938 bits per heavy atom. The minimum absolute atomic E-state index is 0.205. The van der Waals surface area contributed by atoms with Crippen LogP contribution < -0.4 is 0 Å². The molecule has 0 aliphatic heterocycles. The van der Waals surface area contributed by atoms with E-state index in [1.54, 1.807) is 0 Å². The van der Waals surface area contributed by atoms with Gasteiger partial charge in [0.25, 0.3) is 0 Å². The summed E-state index contributed by atoms with van der Waals surface area (Å²) in [7, 11) is 0. The molecule has 0 aromatic heterocycles. The maximum atomic E-state index is 12.7. The van der Waals surface area contributed by atoms with E-state index in [1.165, 1.54) is 24.3 Å². The van der Waals surface area contributed by atoms with Gasteiger partial charge in [-0.15, -0.1) is 0 Å². The van der Waals surface area contributed by atoms with E-state index in [9.17, 15) is 31.1 Å². The predicted octanol–water partition coefficient (Wildman–Crippen LogP) is 7.76. The summed E-state index contributed by atoms with van der Waals surface area (Å²) >= 11 is 0. The van der Waals surface area contributed by atoms with Crippen LogP contribution in [0.3, 0.4) is 0 Å². The molecule has 2 aromatic rings. The van der Waals surface area contributed by atoms with Crippen molar-refractivity contribution in [1.82, 2.24) is 0 Å². The fourth-order valence-corrected chi connectivity index (χ4v) is 4.96. The summed E-state index contributed by atoms with van der Waals surface area (Å²) in [5.74, 6) is 1.18. The summed E-state index contributed by atoms with van der Waals surface area (Å²) in [6.07, 6.45) is -4.41. The molecule has 0 saturated heterocycles. The molecule has 0 heterocycles. The summed E-state index contributed by atoms with van der Waals surface area (Å²) in [5.41, 5.74) is 0.477. The predicted molar refractivity (Wildman–Crippen MR) is 108 cm³/mol. The molecular formula is C25H24F6O. The summed E-state index contributed by atoms with van der Waals surface area (Å²) < 4.78 is 76.0. The largest absolute Gasteiger partial charge is 0.416 e. The average molecular weight is 454 g/mol. The number of ketones is 1. The lowest BCUT2D eigenvalue weighted by Crippen LogP contribution is -2.28. The first-order valence-electron chi connectivity index (χ1n) is 10.8. The minimum Gasteiger partial charge on any atom is -0.300 e. The van der Waals surface area contributed by atoms with Crippen LogP contribution in [0.2, 0.25) is 0 Å². The molecule has 2 saturated carbocycles. The van der Waals surface area contributed by atoms with Crippen molar-refractivity contribution in [3.63, 3.8) is 0 Å². The van der Waals surface area contributed by atoms with Crippen LogP contribution >= 0.6 is 0 Å². The van der Waals surface area contributed by atoms with Gasteiger partial charge in [-0.2, -0.15) is 26.3 Å². The fraction of sp³-hybridized carbons (Fsp3) is 0.480. The van der Waals surface area contributed by atoms with E-state index in [2.05, 4.69) is 0 Å². The number of hydrogen-bond donors (Lipinski definition) is 0. The molecule has 172 valence electrons. The van der Waals surface area contributed by atoms with Crippen molar-refractivity contribution >= 4 is 5.78 Å². The molecule has 0 amide bonds. The van der Waals surface area contributed by atoms with E-state index in [-0.39, 0.29) is 29.5 Å². The van der Waals surface area contributed by atoms with Crippen molar-refractivity contribution in [2.24, 2.45) is 11.8 Å². The molecule has 0 bridgehead atoms. The van der Waals surface area contributed by atoms with Gasteiger partial charge in [0.2, 0.25) is 0 Å². The molecule has 0 atom stereocenters. The lowest BCUT2D eigenvalue weighted by molar-refractivity contribution is -0.138. The second-order valence-corrected chi connectivity index (χ2v) is 9.26. The Hall–Kier alpha value is -2.31. The Kier molecular flexibility index (Phi) is 6.12. The third-order valence-corrected chi connectivity index (χ3v) is 6.92. The van der Waals surface area contributed by atoms with Crippen LogP contribution in [0.15, 0.2) is 48.5 Å². The highest BCUT2D eigenvalue weighted by Crippen LogP contribution is 2.47. The monoisotopic (exact) mass is 454 g/mol. The average Bonchev–Trinajstić information content (AvgIpc) is 2.66. The third-order valence-electron chi connectivity index (χ3n) is 6.92. The van der Waals surface area contributed by atoms with E-state index in [0.717, 1.165) is 61.1 Å². The summed E-state index contributed by atoms with van der Waals surface area (Å²) in [5, 5.41) is 0. The van der Waals surface area contributed by atoms with Gasteiger partial charge in [-0.05, 0) is 84.7 Å². The van der Waals surface area contributed by atoms with Gasteiger partial charge in [0.15, 0.2) is 0 Å². The summed E-state index contributed by atoms with van der Waals surface area (Å²) in [6.45, 7) is 0. The third kappa shape index (κ3) is 5.18. The lowest BCUT2D eigenvalue weighted by atomic mass is 9.67. The first-order valence-corrected chi connectivity index (χ1v) is 10.8. The Labute approximate surface area is 182 Å². The molecule has 7 heteroatoms. The molecule has 1 nitrogen and oxygen atoms in total. The van der Waals surface area contributed by atoms with Crippen LogP contribution in [-0.2, 0) is 17.1 Å². The maximum Gasteiger partial charge on any atom is 0.416 e. The zero-order valence-corrected chi connectivity index (χ0v) is 17.3. The van der Waals surface area contributed by atoms with E-state index in [1.807, 2.05) is 0 Å². The molecule has 2 aliphatic rings. The molecule has 32 heavy (non-hydrogen) atoms. The Morgan fingerprint density at radius 1 is 0.625 bits per heavy atom.